The van der Waals surface area contributed by atoms with Gasteiger partial charge in [0, 0.05) is 38.1 Å². The minimum atomic E-state index is -1.12. The Morgan fingerprint density at radius 2 is 1.83 bits per heavy atom. The molecule has 0 spiro atoms. The van der Waals surface area contributed by atoms with Gasteiger partial charge in [-0.3, -0.25) is 4.90 Å². The third kappa shape index (κ3) is 5.03. The third-order valence-corrected chi connectivity index (χ3v) is 6.23. The number of nitrogens with one attached hydrogen (secondary N) is 1. The summed E-state index contributed by atoms with van der Waals surface area (Å²) in [4.78, 5) is 13.8. The number of esters is 1. The average molecular weight is 397 g/mol. The van der Waals surface area contributed by atoms with Gasteiger partial charge in [0.1, 0.15) is 5.67 Å². The van der Waals surface area contributed by atoms with Crippen LogP contribution >= 0.6 is 0 Å². The van der Waals surface area contributed by atoms with Crippen molar-refractivity contribution in [2.24, 2.45) is 0 Å². The minimum Gasteiger partial charge on any atom is -0.465 e. The minimum absolute atomic E-state index is 0.325. The number of nitrogens with zero attached hydrogens (tertiary/aromatic N) is 1. The molecule has 4 rings (SSSR count). The van der Waals surface area contributed by atoms with E-state index in [1.54, 1.807) is 12.1 Å². The van der Waals surface area contributed by atoms with Crippen molar-refractivity contribution >= 4 is 5.97 Å². The molecule has 1 aliphatic carbocycles. The molecule has 0 radical (unpaired) electrons. The Morgan fingerprint density at radius 1 is 1.14 bits per heavy atom. The monoisotopic (exact) mass is 396 g/mol. The molecule has 5 heteroatoms. The molecule has 2 aromatic rings. The molecule has 1 aliphatic heterocycles. The molecular formula is C24H29FN2O2. The smallest absolute Gasteiger partial charge is 0.337 e. The molecule has 2 aliphatic rings. The van der Waals surface area contributed by atoms with Gasteiger partial charge in [0.05, 0.1) is 12.7 Å². The Balaban J connectivity index is 1.21. The van der Waals surface area contributed by atoms with E-state index in [1.165, 1.54) is 12.7 Å². The molecule has 1 saturated carbocycles. The van der Waals surface area contributed by atoms with Crippen LogP contribution in [0.15, 0.2) is 54.6 Å². The number of likely N-dealkylation sites (tertiary alicyclic amines) is 1. The summed E-state index contributed by atoms with van der Waals surface area (Å²) in [5.74, 6) is 0.210. The van der Waals surface area contributed by atoms with E-state index in [4.69, 9.17) is 4.74 Å². The van der Waals surface area contributed by atoms with E-state index in [9.17, 15) is 4.79 Å². The van der Waals surface area contributed by atoms with Gasteiger partial charge >= 0.3 is 5.97 Å². The fourth-order valence-electron chi connectivity index (χ4n) is 4.21. The fraction of sp³-hybridized carbons (Fsp3) is 0.458. The van der Waals surface area contributed by atoms with Gasteiger partial charge in [0.15, 0.2) is 0 Å². The van der Waals surface area contributed by atoms with E-state index in [2.05, 4.69) is 34.5 Å². The fourth-order valence-corrected chi connectivity index (χ4v) is 4.21. The molecule has 4 nitrogen and oxygen atoms in total. The second-order valence-electron chi connectivity index (χ2n) is 8.36. The zero-order chi connectivity index (χ0) is 20.3. The first kappa shape index (κ1) is 20.0. The highest BCUT2D eigenvalue weighted by molar-refractivity contribution is 5.89. The van der Waals surface area contributed by atoms with Crippen LogP contribution in [0.25, 0.3) is 0 Å². The first-order valence-corrected chi connectivity index (χ1v) is 10.4. The van der Waals surface area contributed by atoms with Gasteiger partial charge in [0.25, 0.3) is 0 Å². The van der Waals surface area contributed by atoms with E-state index in [1.807, 2.05) is 18.2 Å². The van der Waals surface area contributed by atoms with Crippen LogP contribution in [0.3, 0.4) is 0 Å². The molecule has 2 unspecified atom stereocenters. The second-order valence-corrected chi connectivity index (χ2v) is 8.36. The van der Waals surface area contributed by atoms with Crippen molar-refractivity contribution in [3.8, 4) is 0 Å². The van der Waals surface area contributed by atoms with E-state index in [-0.39, 0.29) is 5.97 Å². The maximum absolute atomic E-state index is 15.2. The summed E-state index contributed by atoms with van der Waals surface area (Å²) in [6.07, 6.45) is 2.22. The van der Waals surface area contributed by atoms with Gasteiger partial charge in [-0.1, -0.05) is 42.5 Å². The number of piperidine rings is 1. The lowest BCUT2D eigenvalue weighted by atomic mass is 9.92. The van der Waals surface area contributed by atoms with Crippen LogP contribution in [0.2, 0.25) is 0 Å². The molecule has 2 atom stereocenters. The summed E-state index contributed by atoms with van der Waals surface area (Å²) < 4.78 is 20.0. The maximum Gasteiger partial charge on any atom is 0.337 e. The second kappa shape index (κ2) is 8.64. The Bertz CT molecular complexity index is 817. The van der Waals surface area contributed by atoms with Crippen LogP contribution < -0.4 is 5.32 Å². The standard InChI is InChI=1S/C24H29FN2O2/c1-29-23(28)20-9-7-18(8-10-20)16-27-13-11-24(25,12-14-27)17-26-22-15-21(22)19-5-3-2-4-6-19/h2-10,21-22,26H,11-17H2,1H3. The lowest BCUT2D eigenvalue weighted by Crippen LogP contribution is -2.47. The van der Waals surface area contributed by atoms with Gasteiger partial charge in [-0.05, 0) is 42.5 Å². The Hall–Kier alpha value is -2.24. The number of carbonyl (C=O) groups is 1. The highest BCUT2D eigenvalue weighted by Crippen LogP contribution is 2.41. The highest BCUT2D eigenvalue weighted by Gasteiger charge is 2.41. The van der Waals surface area contributed by atoms with Crippen LogP contribution in [-0.2, 0) is 11.3 Å². The number of alkyl halides is 1. The van der Waals surface area contributed by atoms with Crippen LogP contribution in [0.1, 0.15) is 46.7 Å². The molecule has 2 fully saturated rings. The Kier molecular flexibility index (Phi) is 5.97. The first-order valence-electron chi connectivity index (χ1n) is 10.4. The number of rotatable bonds is 7. The maximum atomic E-state index is 15.2. The number of carbonyl (C=O) groups excluding carboxylic acids is 1. The number of ether oxygens (including phenoxy) is 1. The van der Waals surface area contributed by atoms with Crippen molar-refractivity contribution < 1.29 is 13.9 Å². The Labute approximate surface area is 172 Å². The van der Waals surface area contributed by atoms with Crippen molar-refractivity contribution in [1.29, 1.82) is 0 Å². The van der Waals surface area contributed by atoms with Gasteiger partial charge in [0.2, 0.25) is 0 Å². The lowest BCUT2D eigenvalue weighted by Gasteiger charge is -2.36. The third-order valence-electron chi connectivity index (χ3n) is 6.23. The van der Waals surface area contributed by atoms with Crippen molar-refractivity contribution in [2.75, 3.05) is 26.7 Å². The molecule has 1 heterocycles. The SMILES string of the molecule is COC(=O)c1ccc(CN2CCC(F)(CNC3CC3c3ccccc3)CC2)cc1. The molecule has 0 bridgehead atoms. The summed E-state index contributed by atoms with van der Waals surface area (Å²) in [5, 5.41) is 3.46. The van der Waals surface area contributed by atoms with Gasteiger partial charge in [-0.2, -0.15) is 0 Å². The summed E-state index contributed by atoms with van der Waals surface area (Å²) >= 11 is 0. The summed E-state index contributed by atoms with van der Waals surface area (Å²) in [6.45, 7) is 2.74. The predicted molar refractivity (Wildman–Crippen MR) is 112 cm³/mol. The summed E-state index contributed by atoms with van der Waals surface area (Å²) in [7, 11) is 1.38. The summed E-state index contributed by atoms with van der Waals surface area (Å²) in [6, 6.07) is 18.4. The van der Waals surface area contributed by atoms with Crippen molar-refractivity contribution in [2.45, 2.75) is 43.4 Å². The largest absolute Gasteiger partial charge is 0.465 e. The van der Waals surface area contributed by atoms with E-state index < -0.39 is 5.67 Å². The molecule has 29 heavy (non-hydrogen) atoms. The van der Waals surface area contributed by atoms with Crippen LogP contribution in [0, 0.1) is 0 Å². The quantitative estimate of drug-likeness (QED) is 0.721. The molecule has 1 saturated heterocycles. The average Bonchev–Trinajstić information content (AvgIpc) is 3.55. The molecule has 0 amide bonds. The predicted octanol–water partition coefficient (Wildman–Crippen LogP) is 3.92. The van der Waals surface area contributed by atoms with E-state index >= 15 is 4.39 Å². The van der Waals surface area contributed by atoms with Crippen LogP contribution in [-0.4, -0.2) is 49.3 Å². The zero-order valence-corrected chi connectivity index (χ0v) is 16.9. The van der Waals surface area contributed by atoms with Gasteiger partial charge in [-0.25, -0.2) is 9.18 Å². The summed E-state index contributed by atoms with van der Waals surface area (Å²) in [5.41, 5.74) is 1.92. The molecule has 0 aromatic heterocycles. The van der Waals surface area contributed by atoms with Crippen LogP contribution in [0.4, 0.5) is 4.39 Å². The molecule has 1 N–H and O–H groups in total. The molecule has 2 aromatic carbocycles. The van der Waals surface area contributed by atoms with Crippen molar-refractivity contribution in [3.63, 3.8) is 0 Å². The number of benzene rings is 2. The van der Waals surface area contributed by atoms with Crippen LogP contribution in [0.5, 0.6) is 0 Å². The zero-order valence-electron chi connectivity index (χ0n) is 16.9. The van der Waals surface area contributed by atoms with E-state index in [0.717, 1.165) is 31.6 Å². The lowest BCUT2D eigenvalue weighted by molar-refractivity contribution is 0.0543. The van der Waals surface area contributed by atoms with Gasteiger partial charge < -0.3 is 10.1 Å². The first-order chi connectivity index (χ1) is 14.1. The van der Waals surface area contributed by atoms with E-state index in [0.29, 0.717) is 36.9 Å². The number of halogens is 1. The Morgan fingerprint density at radius 3 is 2.48 bits per heavy atom. The topological polar surface area (TPSA) is 41.6 Å². The normalized spacial score (nSPS) is 23.5. The molecular weight excluding hydrogens is 367 g/mol. The molecule has 154 valence electrons. The van der Waals surface area contributed by atoms with Gasteiger partial charge in [-0.15, -0.1) is 0 Å². The van der Waals surface area contributed by atoms with Crippen molar-refractivity contribution in [1.82, 2.24) is 10.2 Å². The highest BCUT2D eigenvalue weighted by atomic mass is 19.1. The number of methoxy groups -OCH3 is 1. The number of hydrogen-bond donors (Lipinski definition) is 1. The number of hydrogen-bond acceptors (Lipinski definition) is 4. The van der Waals surface area contributed by atoms with Crippen molar-refractivity contribution in [3.05, 3.63) is 71.3 Å².